The molecule has 1 heterocycles. The Balaban J connectivity index is 2.04. The lowest BCUT2D eigenvalue weighted by Crippen LogP contribution is -2.24. The molecular weight excluding hydrogens is 316 g/mol. The van der Waals surface area contributed by atoms with Crippen LogP contribution >= 0.6 is 11.6 Å². The highest BCUT2D eigenvalue weighted by atomic mass is 35.5. The summed E-state index contributed by atoms with van der Waals surface area (Å²) >= 11 is 6.04. The number of nitrogens with zero attached hydrogens (tertiary/aromatic N) is 1. The Bertz CT molecular complexity index is 677. The molecule has 0 saturated carbocycles. The van der Waals surface area contributed by atoms with Crippen molar-refractivity contribution in [3.63, 3.8) is 0 Å². The van der Waals surface area contributed by atoms with E-state index in [-0.39, 0.29) is 11.6 Å². The third kappa shape index (κ3) is 4.94. The number of methoxy groups -OCH3 is 1. The zero-order valence-electron chi connectivity index (χ0n) is 13.1. The van der Waals surface area contributed by atoms with E-state index in [1.807, 2.05) is 31.2 Å². The van der Waals surface area contributed by atoms with E-state index < -0.39 is 0 Å². The summed E-state index contributed by atoms with van der Waals surface area (Å²) in [5, 5.41) is 3.10. The largest absolute Gasteiger partial charge is 0.478 e. The predicted octanol–water partition coefficient (Wildman–Crippen LogP) is 3.21. The summed E-state index contributed by atoms with van der Waals surface area (Å²) < 4.78 is 10.4. The number of rotatable bonds is 7. The van der Waals surface area contributed by atoms with E-state index in [1.165, 1.54) is 0 Å². The highest BCUT2D eigenvalue weighted by Crippen LogP contribution is 2.18. The Morgan fingerprint density at radius 3 is 2.78 bits per heavy atom. The quantitative estimate of drug-likeness (QED) is 0.844. The fourth-order valence-electron chi connectivity index (χ4n) is 2.07. The number of ether oxygens (including phenoxy) is 2. The Labute approximate surface area is 140 Å². The van der Waals surface area contributed by atoms with Gasteiger partial charge in [-0.15, -0.1) is 0 Å². The number of halogens is 1. The second-order valence-electron chi connectivity index (χ2n) is 4.85. The number of aromatic nitrogens is 1. The molecule has 0 aliphatic heterocycles. The first kappa shape index (κ1) is 17.2. The van der Waals surface area contributed by atoms with Gasteiger partial charge in [0, 0.05) is 19.7 Å². The van der Waals surface area contributed by atoms with Gasteiger partial charge in [-0.1, -0.05) is 35.9 Å². The summed E-state index contributed by atoms with van der Waals surface area (Å²) in [6.45, 7) is 3.24. The van der Waals surface area contributed by atoms with Crippen LogP contribution in [0.4, 0.5) is 0 Å². The topological polar surface area (TPSA) is 60.5 Å². The zero-order chi connectivity index (χ0) is 16.7. The van der Waals surface area contributed by atoms with Gasteiger partial charge in [0.05, 0.1) is 18.2 Å². The monoisotopic (exact) mass is 334 g/mol. The molecule has 5 nitrogen and oxygen atoms in total. The van der Waals surface area contributed by atoms with Crippen molar-refractivity contribution in [2.45, 2.75) is 20.1 Å². The highest BCUT2D eigenvalue weighted by molar-refractivity contribution is 6.33. The average Bonchev–Trinajstić information content (AvgIpc) is 2.55. The van der Waals surface area contributed by atoms with Gasteiger partial charge in [-0.3, -0.25) is 4.79 Å². The van der Waals surface area contributed by atoms with Gasteiger partial charge in [0.25, 0.3) is 5.91 Å². The van der Waals surface area contributed by atoms with Crippen molar-refractivity contribution in [1.82, 2.24) is 10.3 Å². The Morgan fingerprint density at radius 1 is 1.26 bits per heavy atom. The number of pyridine rings is 1. The third-order valence-electron chi connectivity index (χ3n) is 3.08. The molecule has 0 unspecified atom stereocenters. The van der Waals surface area contributed by atoms with Crippen molar-refractivity contribution in [3.8, 4) is 5.88 Å². The Kier molecular flexibility index (Phi) is 6.38. The van der Waals surface area contributed by atoms with Gasteiger partial charge in [-0.2, -0.15) is 0 Å². The molecule has 23 heavy (non-hydrogen) atoms. The fraction of sp³-hybridized carbons (Fsp3) is 0.294. The minimum atomic E-state index is -0.339. The molecule has 1 aromatic heterocycles. The predicted molar refractivity (Wildman–Crippen MR) is 88.7 cm³/mol. The molecule has 2 rings (SSSR count). The average molecular weight is 335 g/mol. The molecule has 0 radical (unpaired) electrons. The van der Waals surface area contributed by atoms with Gasteiger partial charge in [0.1, 0.15) is 0 Å². The molecule has 6 heteroatoms. The van der Waals surface area contributed by atoms with Crippen molar-refractivity contribution in [2.24, 2.45) is 0 Å². The van der Waals surface area contributed by atoms with Crippen LogP contribution in [0, 0.1) is 0 Å². The molecule has 0 fully saturated rings. The van der Waals surface area contributed by atoms with Gasteiger partial charge >= 0.3 is 0 Å². The van der Waals surface area contributed by atoms with Gasteiger partial charge < -0.3 is 14.8 Å². The van der Waals surface area contributed by atoms with Crippen LogP contribution in [0.5, 0.6) is 5.88 Å². The molecule has 122 valence electrons. The van der Waals surface area contributed by atoms with Gasteiger partial charge in [-0.05, 0) is 24.1 Å². The number of nitrogens with one attached hydrogen (secondary N) is 1. The van der Waals surface area contributed by atoms with E-state index in [4.69, 9.17) is 21.1 Å². The summed E-state index contributed by atoms with van der Waals surface area (Å²) in [4.78, 5) is 16.4. The molecule has 1 amide bonds. The van der Waals surface area contributed by atoms with Crippen LogP contribution in [0.2, 0.25) is 5.02 Å². The zero-order valence-corrected chi connectivity index (χ0v) is 13.9. The maximum Gasteiger partial charge on any atom is 0.271 e. The Morgan fingerprint density at radius 2 is 2.04 bits per heavy atom. The second kappa shape index (κ2) is 8.50. The van der Waals surface area contributed by atoms with E-state index in [0.717, 1.165) is 11.1 Å². The first-order chi connectivity index (χ1) is 11.1. The molecule has 2 aromatic rings. The third-order valence-corrected chi connectivity index (χ3v) is 3.39. The summed E-state index contributed by atoms with van der Waals surface area (Å²) in [6, 6.07) is 11.1. The lowest BCUT2D eigenvalue weighted by atomic mass is 10.1. The van der Waals surface area contributed by atoms with Gasteiger partial charge in [0.2, 0.25) is 5.88 Å². The molecule has 0 saturated heterocycles. The van der Waals surface area contributed by atoms with Crippen molar-refractivity contribution < 1.29 is 14.3 Å². The van der Waals surface area contributed by atoms with E-state index in [1.54, 1.807) is 19.2 Å². The molecule has 0 aliphatic rings. The minimum absolute atomic E-state index is 0.158. The number of carbonyl (C=O) groups excluding carboxylic acids is 1. The molecule has 1 N–H and O–H groups in total. The normalized spacial score (nSPS) is 10.4. The second-order valence-corrected chi connectivity index (χ2v) is 5.26. The maximum absolute atomic E-state index is 12.3. The van der Waals surface area contributed by atoms with Crippen LogP contribution in [0.3, 0.4) is 0 Å². The van der Waals surface area contributed by atoms with Crippen LogP contribution in [0.15, 0.2) is 36.4 Å². The molecule has 0 spiro atoms. The maximum atomic E-state index is 12.3. The van der Waals surface area contributed by atoms with E-state index in [0.29, 0.717) is 30.7 Å². The van der Waals surface area contributed by atoms with Crippen LogP contribution in [-0.2, 0) is 17.9 Å². The summed E-state index contributed by atoms with van der Waals surface area (Å²) in [7, 11) is 1.65. The number of hydrogen-bond donors (Lipinski definition) is 1. The SMILES string of the molecule is CCOc1ccc(Cl)c(C(=O)NCc2cccc(COC)c2)n1. The summed E-state index contributed by atoms with van der Waals surface area (Å²) in [5.41, 5.74) is 2.18. The molecule has 0 atom stereocenters. The molecule has 0 aliphatic carbocycles. The number of carbonyl (C=O) groups is 1. The van der Waals surface area contributed by atoms with Gasteiger partial charge in [0.15, 0.2) is 5.69 Å². The van der Waals surface area contributed by atoms with Gasteiger partial charge in [-0.25, -0.2) is 4.98 Å². The van der Waals surface area contributed by atoms with Crippen molar-refractivity contribution in [3.05, 3.63) is 58.2 Å². The first-order valence-corrected chi connectivity index (χ1v) is 7.66. The standard InChI is InChI=1S/C17H19ClN2O3/c1-3-23-15-8-7-14(18)16(20-15)17(21)19-10-12-5-4-6-13(9-12)11-22-2/h4-9H,3,10-11H2,1-2H3,(H,19,21). The Hall–Kier alpha value is -2.11. The lowest BCUT2D eigenvalue weighted by molar-refractivity contribution is 0.0945. The van der Waals surface area contributed by atoms with Crippen LogP contribution < -0.4 is 10.1 Å². The summed E-state index contributed by atoms with van der Waals surface area (Å²) in [6.07, 6.45) is 0. The van der Waals surface area contributed by atoms with Crippen molar-refractivity contribution >= 4 is 17.5 Å². The van der Waals surface area contributed by atoms with Crippen LogP contribution in [0.25, 0.3) is 0 Å². The molecule has 1 aromatic carbocycles. The van der Waals surface area contributed by atoms with Crippen LogP contribution in [0.1, 0.15) is 28.5 Å². The summed E-state index contributed by atoms with van der Waals surface area (Å²) in [5.74, 6) is 0.0397. The fourth-order valence-corrected chi connectivity index (χ4v) is 2.26. The van der Waals surface area contributed by atoms with Crippen LogP contribution in [-0.4, -0.2) is 24.6 Å². The first-order valence-electron chi connectivity index (χ1n) is 7.28. The highest BCUT2D eigenvalue weighted by Gasteiger charge is 2.13. The van der Waals surface area contributed by atoms with E-state index in [2.05, 4.69) is 10.3 Å². The van der Waals surface area contributed by atoms with E-state index >= 15 is 0 Å². The molecule has 0 bridgehead atoms. The van der Waals surface area contributed by atoms with Crippen molar-refractivity contribution in [1.29, 1.82) is 0 Å². The lowest BCUT2D eigenvalue weighted by Gasteiger charge is -2.09. The number of hydrogen-bond acceptors (Lipinski definition) is 4. The number of benzene rings is 1. The minimum Gasteiger partial charge on any atom is -0.478 e. The van der Waals surface area contributed by atoms with Crippen molar-refractivity contribution in [2.75, 3.05) is 13.7 Å². The smallest absolute Gasteiger partial charge is 0.271 e. The van der Waals surface area contributed by atoms with E-state index in [9.17, 15) is 4.79 Å². The molecular formula is C17H19ClN2O3. The number of amides is 1.